The number of aromatic nitrogens is 3. The van der Waals surface area contributed by atoms with Crippen LogP contribution in [0, 0.1) is 0 Å². The normalized spacial score (nSPS) is 18.6. The lowest BCUT2D eigenvalue weighted by atomic mass is 10.1. The Morgan fingerprint density at radius 3 is 2.61 bits per heavy atom. The third-order valence-corrected chi connectivity index (χ3v) is 5.74. The van der Waals surface area contributed by atoms with Crippen molar-refractivity contribution in [3.63, 3.8) is 0 Å². The molecule has 0 aromatic carbocycles. The van der Waals surface area contributed by atoms with E-state index in [-0.39, 0.29) is 24.1 Å². The standard InChI is InChI=1S/C24H30N6O3/c1-14(2)33-24(32)27-18-9-19-20(11-26-23(19)25-10-18)21-7-6-8-22(28-21)29-12-15(3)30(17(5)31)16(4)13-29/h6-11,14-16H,12-13H2,1-5H3,(H,25,26)(H,27,32)/t15-,16+. The molecule has 33 heavy (non-hydrogen) atoms. The smallest absolute Gasteiger partial charge is 0.411 e. The molecule has 0 unspecified atom stereocenters. The lowest BCUT2D eigenvalue weighted by Crippen LogP contribution is -2.58. The quantitative estimate of drug-likeness (QED) is 0.622. The number of aromatic amines is 1. The van der Waals surface area contributed by atoms with E-state index in [9.17, 15) is 9.59 Å². The molecule has 2 atom stereocenters. The summed E-state index contributed by atoms with van der Waals surface area (Å²) < 4.78 is 5.16. The number of ether oxygens (including phenoxy) is 1. The van der Waals surface area contributed by atoms with Crippen LogP contribution in [-0.2, 0) is 9.53 Å². The van der Waals surface area contributed by atoms with Crippen LogP contribution in [0.25, 0.3) is 22.3 Å². The van der Waals surface area contributed by atoms with Crippen molar-refractivity contribution in [2.45, 2.75) is 52.8 Å². The minimum Gasteiger partial charge on any atom is -0.447 e. The van der Waals surface area contributed by atoms with E-state index in [1.807, 2.05) is 35.4 Å². The van der Waals surface area contributed by atoms with E-state index >= 15 is 0 Å². The number of nitrogens with zero attached hydrogens (tertiary/aromatic N) is 4. The van der Waals surface area contributed by atoms with E-state index in [1.54, 1.807) is 27.0 Å². The van der Waals surface area contributed by atoms with Crippen LogP contribution in [0.15, 0.2) is 36.7 Å². The SMILES string of the molecule is CC(=O)N1[C@H](C)CN(c2cccc(-c3c[nH]c4ncc(NC(=O)OC(C)C)cc34)n2)C[C@@H]1C. The van der Waals surface area contributed by atoms with E-state index in [1.165, 1.54) is 0 Å². The Bertz CT molecular complexity index is 1160. The van der Waals surface area contributed by atoms with Gasteiger partial charge in [0.25, 0.3) is 0 Å². The maximum atomic E-state index is 12.0. The second kappa shape index (κ2) is 9.09. The van der Waals surface area contributed by atoms with Gasteiger partial charge in [0.1, 0.15) is 11.5 Å². The van der Waals surface area contributed by atoms with Gasteiger partial charge in [0.05, 0.1) is 23.7 Å². The van der Waals surface area contributed by atoms with Crippen LogP contribution in [0.5, 0.6) is 0 Å². The van der Waals surface area contributed by atoms with Crippen molar-refractivity contribution in [3.8, 4) is 11.3 Å². The van der Waals surface area contributed by atoms with Crippen molar-refractivity contribution in [2.24, 2.45) is 0 Å². The number of anilines is 2. The predicted molar refractivity (Wildman–Crippen MR) is 128 cm³/mol. The summed E-state index contributed by atoms with van der Waals surface area (Å²) in [6.45, 7) is 10.8. The maximum Gasteiger partial charge on any atom is 0.411 e. The average molecular weight is 451 g/mol. The van der Waals surface area contributed by atoms with Crippen molar-refractivity contribution >= 4 is 34.5 Å². The molecule has 3 aromatic rings. The number of carbonyl (C=O) groups is 2. The van der Waals surface area contributed by atoms with E-state index in [2.05, 4.69) is 34.0 Å². The molecule has 2 N–H and O–H groups in total. The van der Waals surface area contributed by atoms with Gasteiger partial charge in [-0.05, 0) is 45.9 Å². The first kappa shape index (κ1) is 22.6. The number of hydrogen-bond donors (Lipinski definition) is 2. The second-order valence-electron chi connectivity index (χ2n) is 8.81. The van der Waals surface area contributed by atoms with Crippen LogP contribution in [0.3, 0.4) is 0 Å². The van der Waals surface area contributed by atoms with Crippen LogP contribution in [-0.4, -0.2) is 63.1 Å². The summed E-state index contributed by atoms with van der Waals surface area (Å²) in [5, 5.41) is 3.57. The van der Waals surface area contributed by atoms with Crippen molar-refractivity contribution in [3.05, 3.63) is 36.7 Å². The molecule has 0 aliphatic carbocycles. The van der Waals surface area contributed by atoms with Gasteiger partial charge >= 0.3 is 6.09 Å². The van der Waals surface area contributed by atoms with Crippen LogP contribution >= 0.6 is 0 Å². The Morgan fingerprint density at radius 1 is 1.21 bits per heavy atom. The maximum absolute atomic E-state index is 12.0. The van der Waals surface area contributed by atoms with Crippen LogP contribution < -0.4 is 10.2 Å². The van der Waals surface area contributed by atoms with Crippen LogP contribution in [0.1, 0.15) is 34.6 Å². The number of rotatable bonds is 4. The molecule has 4 rings (SSSR count). The lowest BCUT2D eigenvalue weighted by molar-refractivity contribution is -0.133. The van der Waals surface area contributed by atoms with Gasteiger partial charge in [-0.25, -0.2) is 14.8 Å². The first-order chi connectivity index (χ1) is 15.7. The molecule has 9 heteroatoms. The van der Waals surface area contributed by atoms with Gasteiger partial charge < -0.3 is 19.5 Å². The highest BCUT2D eigenvalue weighted by atomic mass is 16.6. The predicted octanol–water partition coefficient (Wildman–Crippen LogP) is 4.03. The fourth-order valence-corrected chi connectivity index (χ4v) is 4.52. The molecule has 174 valence electrons. The van der Waals surface area contributed by atoms with Crippen molar-refractivity contribution < 1.29 is 14.3 Å². The minimum absolute atomic E-state index is 0.101. The molecule has 0 radical (unpaired) electrons. The molecular formula is C24H30N6O3. The van der Waals surface area contributed by atoms with Crippen LogP contribution in [0.4, 0.5) is 16.3 Å². The summed E-state index contributed by atoms with van der Waals surface area (Å²) in [6.07, 6.45) is 2.74. The summed E-state index contributed by atoms with van der Waals surface area (Å²) in [5.41, 5.74) is 2.95. The van der Waals surface area contributed by atoms with E-state index in [4.69, 9.17) is 9.72 Å². The molecule has 1 aliphatic rings. The highest BCUT2D eigenvalue weighted by Crippen LogP contribution is 2.30. The summed E-state index contributed by atoms with van der Waals surface area (Å²) in [5.74, 6) is 0.968. The first-order valence-electron chi connectivity index (χ1n) is 11.2. The zero-order chi connectivity index (χ0) is 23.7. The second-order valence-corrected chi connectivity index (χ2v) is 8.81. The van der Waals surface area contributed by atoms with Gasteiger partial charge in [-0.2, -0.15) is 0 Å². The minimum atomic E-state index is -0.517. The molecule has 4 heterocycles. The zero-order valence-corrected chi connectivity index (χ0v) is 19.6. The van der Waals surface area contributed by atoms with Gasteiger partial charge in [0, 0.05) is 49.2 Å². The number of H-pyrrole nitrogens is 1. The van der Waals surface area contributed by atoms with Crippen molar-refractivity contribution in [2.75, 3.05) is 23.3 Å². The Morgan fingerprint density at radius 2 is 1.94 bits per heavy atom. The molecule has 2 amide bonds. The number of carbonyl (C=O) groups excluding carboxylic acids is 2. The molecule has 1 fully saturated rings. The summed E-state index contributed by atoms with van der Waals surface area (Å²) in [6, 6.07) is 8.01. The molecule has 1 saturated heterocycles. The molecule has 0 bridgehead atoms. The topological polar surface area (TPSA) is 103 Å². The number of fused-ring (bicyclic) bond motifs is 1. The monoisotopic (exact) mass is 450 g/mol. The fourth-order valence-electron chi connectivity index (χ4n) is 4.52. The molecule has 1 aliphatic heterocycles. The highest BCUT2D eigenvalue weighted by Gasteiger charge is 2.31. The fraction of sp³-hybridized carbons (Fsp3) is 0.417. The van der Waals surface area contributed by atoms with E-state index in [0.717, 1.165) is 35.6 Å². The summed E-state index contributed by atoms with van der Waals surface area (Å²) in [4.78, 5) is 40.6. The van der Waals surface area contributed by atoms with Gasteiger partial charge in [-0.1, -0.05) is 6.07 Å². The van der Waals surface area contributed by atoms with Crippen molar-refractivity contribution in [1.82, 2.24) is 19.9 Å². The number of hydrogen-bond acceptors (Lipinski definition) is 6. The van der Waals surface area contributed by atoms with E-state index < -0.39 is 6.09 Å². The van der Waals surface area contributed by atoms with Crippen LogP contribution in [0.2, 0.25) is 0 Å². The molecule has 0 spiro atoms. The van der Waals surface area contributed by atoms with E-state index in [0.29, 0.717) is 11.3 Å². The number of piperazine rings is 1. The molecular weight excluding hydrogens is 420 g/mol. The summed E-state index contributed by atoms with van der Waals surface area (Å²) >= 11 is 0. The average Bonchev–Trinajstić information content (AvgIpc) is 3.15. The number of nitrogens with one attached hydrogen (secondary N) is 2. The lowest BCUT2D eigenvalue weighted by Gasteiger charge is -2.44. The summed E-state index contributed by atoms with van der Waals surface area (Å²) in [7, 11) is 0. The Hall–Kier alpha value is -3.62. The highest BCUT2D eigenvalue weighted by molar-refractivity contribution is 5.96. The number of amides is 2. The van der Waals surface area contributed by atoms with Gasteiger partial charge in [0.2, 0.25) is 5.91 Å². The zero-order valence-electron chi connectivity index (χ0n) is 19.6. The third-order valence-electron chi connectivity index (χ3n) is 5.74. The van der Waals surface area contributed by atoms with Gasteiger partial charge in [-0.3, -0.25) is 10.1 Å². The third kappa shape index (κ3) is 4.76. The Balaban J connectivity index is 1.61. The number of pyridine rings is 2. The largest absolute Gasteiger partial charge is 0.447 e. The van der Waals surface area contributed by atoms with Gasteiger partial charge in [0.15, 0.2) is 0 Å². The molecule has 0 saturated carbocycles. The van der Waals surface area contributed by atoms with Crippen molar-refractivity contribution in [1.29, 1.82) is 0 Å². The van der Waals surface area contributed by atoms with Gasteiger partial charge in [-0.15, -0.1) is 0 Å². The first-order valence-corrected chi connectivity index (χ1v) is 11.2. The molecule has 9 nitrogen and oxygen atoms in total. The molecule has 3 aromatic heterocycles. The Labute approximate surface area is 193 Å². The Kier molecular flexibility index (Phi) is 6.22.